The Hall–Kier alpha value is -2.68. The van der Waals surface area contributed by atoms with Crippen molar-refractivity contribution in [1.29, 1.82) is 0 Å². The zero-order valence-corrected chi connectivity index (χ0v) is 25.8. The van der Waals surface area contributed by atoms with Crippen molar-refractivity contribution in [2.75, 3.05) is 13.2 Å². The Kier molecular flexibility index (Phi) is 24.3. The van der Waals surface area contributed by atoms with Crippen molar-refractivity contribution in [2.24, 2.45) is 17.0 Å². The second-order valence-corrected chi connectivity index (χ2v) is 9.30. The van der Waals surface area contributed by atoms with Crippen molar-refractivity contribution in [2.45, 2.75) is 99.3 Å². The monoisotopic (exact) mass is 523 g/mol. The molecular weight excluding hydrogens is 466 g/mol. The van der Waals surface area contributed by atoms with Crippen LogP contribution in [0.5, 0.6) is 0 Å². The van der Waals surface area contributed by atoms with Gasteiger partial charge in [0.2, 0.25) is 0 Å². The van der Waals surface area contributed by atoms with Gasteiger partial charge in [0.05, 0.1) is 18.9 Å². The van der Waals surface area contributed by atoms with E-state index in [1.54, 1.807) is 6.08 Å². The van der Waals surface area contributed by atoms with Gasteiger partial charge < -0.3 is 4.74 Å². The van der Waals surface area contributed by atoms with E-state index in [1.807, 2.05) is 32.9 Å². The normalized spacial score (nSPS) is 14.3. The lowest BCUT2D eigenvalue weighted by Gasteiger charge is -2.40. The first-order valence-electron chi connectivity index (χ1n) is 14.7. The van der Waals surface area contributed by atoms with Gasteiger partial charge in [-0.15, -0.1) is 6.58 Å². The number of rotatable bonds is 9. The molecule has 1 aliphatic rings. The smallest absolute Gasteiger partial charge is 0.0951 e. The Morgan fingerprint density at radius 3 is 1.63 bits per heavy atom. The molecule has 0 aliphatic carbocycles. The SMILES string of the molecule is C=C1OCCC1C.C=CC.CC.CCCC.CCCC(CC)C(CN=O)(c1ccccc1)c1ccccc1. The van der Waals surface area contributed by atoms with Gasteiger partial charge in [0.1, 0.15) is 0 Å². The number of unbranched alkanes of at least 4 members (excludes halogenated alkanes) is 1. The van der Waals surface area contributed by atoms with E-state index in [2.05, 4.69) is 101 Å². The molecule has 3 heteroatoms. The first-order valence-corrected chi connectivity index (χ1v) is 14.7. The molecule has 1 saturated heterocycles. The highest BCUT2D eigenvalue weighted by atomic mass is 16.5. The summed E-state index contributed by atoms with van der Waals surface area (Å²) >= 11 is 0. The number of nitrogens with zero attached hydrogens (tertiary/aromatic N) is 1. The number of nitroso groups, excluding NO2 is 1. The molecule has 0 N–H and O–H groups in total. The van der Waals surface area contributed by atoms with Crippen LogP contribution in [-0.4, -0.2) is 13.2 Å². The molecule has 2 aromatic rings. The van der Waals surface area contributed by atoms with E-state index in [9.17, 15) is 4.91 Å². The third-order valence-corrected chi connectivity index (χ3v) is 6.61. The molecule has 0 saturated carbocycles. The molecule has 2 atom stereocenters. The fourth-order valence-electron chi connectivity index (χ4n) is 4.34. The quantitative estimate of drug-likeness (QED) is 0.242. The van der Waals surface area contributed by atoms with Crippen molar-refractivity contribution in [3.63, 3.8) is 0 Å². The van der Waals surface area contributed by atoms with Gasteiger partial charge in [-0.05, 0) is 36.8 Å². The number of ether oxygens (including phenoxy) is 1. The van der Waals surface area contributed by atoms with E-state index in [-0.39, 0.29) is 5.41 Å². The molecule has 0 bridgehead atoms. The average molecular weight is 524 g/mol. The molecule has 3 nitrogen and oxygen atoms in total. The predicted octanol–water partition coefficient (Wildman–Crippen LogP) is 11.1. The summed E-state index contributed by atoms with van der Waals surface area (Å²) in [6.07, 6.45) is 8.78. The average Bonchev–Trinajstić information content (AvgIpc) is 3.35. The van der Waals surface area contributed by atoms with Crippen LogP contribution in [0.1, 0.15) is 105 Å². The summed E-state index contributed by atoms with van der Waals surface area (Å²) in [5.41, 5.74) is 2.07. The molecule has 2 unspecified atom stereocenters. The third kappa shape index (κ3) is 13.2. The summed E-state index contributed by atoms with van der Waals surface area (Å²) < 4.78 is 5.07. The van der Waals surface area contributed by atoms with Gasteiger partial charge in [-0.2, -0.15) is 4.91 Å². The number of benzene rings is 2. The standard InChI is InChI=1S/C20H25NO.C6H10O.C4H10.C3H6.C2H6/c1-3-11-17(4-2)20(16-21-22,18-12-7-5-8-13-18)19-14-9-6-10-15-19;1-5-3-4-7-6(5)2;1-3-4-2;1-3-2;1-2/h5-10,12-15,17H,3-4,11,16H2,1-2H3;5H,2-4H2,1H3;3-4H2,1-2H3;3H,1H2,2H3;1-2H3. The fourth-order valence-corrected chi connectivity index (χ4v) is 4.34. The Labute approximate surface area is 235 Å². The maximum Gasteiger partial charge on any atom is 0.0951 e. The van der Waals surface area contributed by atoms with E-state index >= 15 is 0 Å². The number of allylic oxidation sites excluding steroid dienone is 2. The Bertz CT molecular complexity index is 775. The van der Waals surface area contributed by atoms with Crippen LogP contribution in [0.2, 0.25) is 0 Å². The summed E-state index contributed by atoms with van der Waals surface area (Å²) in [5.74, 6) is 1.96. The van der Waals surface area contributed by atoms with E-state index in [0.717, 1.165) is 38.0 Å². The first kappa shape index (κ1) is 37.5. The molecule has 0 radical (unpaired) electrons. The Morgan fingerprint density at radius 1 is 0.947 bits per heavy atom. The van der Waals surface area contributed by atoms with E-state index in [0.29, 0.717) is 18.4 Å². The molecule has 0 spiro atoms. The Balaban J connectivity index is 0. The number of hydrogen-bond donors (Lipinski definition) is 0. The van der Waals surface area contributed by atoms with Crippen molar-refractivity contribution in [3.05, 3.63) is 102 Å². The van der Waals surface area contributed by atoms with Gasteiger partial charge in [-0.1, -0.05) is 153 Å². The maximum atomic E-state index is 11.3. The molecular formula is C35H57NO2. The summed E-state index contributed by atoms with van der Waals surface area (Å²) in [6.45, 7) is 25.0. The highest BCUT2D eigenvalue weighted by Gasteiger charge is 2.41. The minimum atomic E-state index is -0.324. The molecule has 3 rings (SSSR count). The van der Waals surface area contributed by atoms with Gasteiger partial charge >= 0.3 is 0 Å². The summed E-state index contributed by atoms with van der Waals surface area (Å²) in [6, 6.07) is 20.8. The molecule has 38 heavy (non-hydrogen) atoms. The second kappa shape index (κ2) is 24.6. The predicted molar refractivity (Wildman–Crippen MR) is 170 cm³/mol. The van der Waals surface area contributed by atoms with E-state index in [4.69, 9.17) is 4.74 Å². The topological polar surface area (TPSA) is 38.7 Å². The van der Waals surface area contributed by atoms with Crippen molar-refractivity contribution < 1.29 is 4.74 Å². The first-order chi connectivity index (χ1) is 18.4. The van der Waals surface area contributed by atoms with Crippen molar-refractivity contribution in [1.82, 2.24) is 0 Å². The highest BCUT2D eigenvalue weighted by Crippen LogP contribution is 2.43. The molecule has 1 heterocycles. The summed E-state index contributed by atoms with van der Waals surface area (Å²) in [7, 11) is 0. The fraction of sp³-hybridized carbons (Fsp3) is 0.543. The van der Waals surface area contributed by atoms with Gasteiger partial charge in [0, 0.05) is 11.3 Å². The van der Waals surface area contributed by atoms with Gasteiger partial charge in [-0.25, -0.2) is 0 Å². The Morgan fingerprint density at radius 2 is 1.39 bits per heavy atom. The van der Waals surface area contributed by atoms with E-state index in [1.165, 1.54) is 24.0 Å². The largest absolute Gasteiger partial charge is 0.498 e. The lowest BCUT2D eigenvalue weighted by Crippen LogP contribution is -2.39. The van der Waals surface area contributed by atoms with Crippen molar-refractivity contribution >= 4 is 0 Å². The highest BCUT2D eigenvalue weighted by molar-refractivity contribution is 5.41. The van der Waals surface area contributed by atoms with Gasteiger partial charge in [0.25, 0.3) is 0 Å². The van der Waals surface area contributed by atoms with Crippen molar-refractivity contribution in [3.8, 4) is 0 Å². The van der Waals surface area contributed by atoms with Crippen LogP contribution < -0.4 is 0 Å². The third-order valence-electron chi connectivity index (χ3n) is 6.61. The molecule has 1 aliphatic heterocycles. The van der Waals surface area contributed by atoms with Crippen LogP contribution in [0.3, 0.4) is 0 Å². The molecule has 1 fully saturated rings. The maximum absolute atomic E-state index is 11.3. The number of hydrogen-bond acceptors (Lipinski definition) is 3. The lowest BCUT2D eigenvalue weighted by molar-refractivity contribution is 0.261. The van der Waals surface area contributed by atoms with E-state index < -0.39 is 0 Å². The molecule has 214 valence electrons. The molecule has 2 aromatic carbocycles. The second-order valence-electron chi connectivity index (χ2n) is 9.30. The zero-order chi connectivity index (χ0) is 29.2. The zero-order valence-electron chi connectivity index (χ0n) is 25.8. The van der Waals surface area contributed by atoms with Gasteiger partial charge in [0.15, 0.2) is 0 Å². The molecule has 0 amide bonds. The van der Waals surface area contributed by atoms with Crippen LogP contribution in [-0.2, 0) is 10.2 Å². The summed E-state index contributed by atoms with van der Waals surface area (Å²) in [4.78, 5) is 11.3. The minimum Gasteiger partial charge on any atom is -0.498 e. The minimum absolute atomic E-state index is 0.291. The van der Waals surface area contributed by atoms with Crippen LogP contribution in [0.25, 0.3) is 0 Å². The van der Waals surface area contributed by atoms with Crippen LogP contribution in [0, 0.1) is 16.7 Å². The summed E-state index contributed by atoms with van der Waals surface area (Å²) in [5, 5.41) is 3.36. The van der Waals surface area contributed by atoms with Crippen LogP contribution in [0.15, 0.2) is 90.8 Å². The van der Waals surface area contributed by atoms with Crippen LogP contribution in [0.4, 0.5) is 0 Å². The lowest BCUT2D eigenvalue weighted by atomic mass is 9.63. The van der Waals surface area contributed by atoms with Crippen LogP contribution >= 0.6 is 0 Å². The van der Waals surface area contributed by atoms with Gasteiger partial charge in [-0.3, -0.25) is 0 Å². The molecule has 0 aromatic heterocycles.